The molecular weight excluding hydrogens is 327 g/mol. The number of benzene rings is 1. The Bertz CT molecular complexity index is 712. The van der Waals surface area contributed by atoms with Gasteiger partial charge in [0.05, 0.1) is 6.07 Å². The van der Waals surface area contributed by atoms with Crippen LogP contribution in [0.1, 0.15) is 56.2 Å². The second-order valence-electron chi connectivity index (χ2n) is 7.71. The largest absolute Gasteiger partial charge is 0.394 e. The third-order valence-corrected chi connectivity index (χ3v) is 4.89. The van der Waals surface area contributed by atoms with Crippen molar-refractivity contribution in [2.24, 2.45) is 5.92 Å². The lowest BCUT2D eigenvalue weighted by Gasteiger charge is -2.22. The molecule has 1 radical (unpaired) electrons. The SMILES string of the molecule is C=C(C)CC(C)CC(=C)c1cccc(CC([B]C)NC(=C)CCC#N)c1C. The van der Waals surface area contributed by atoms with Crippen LogP contribution in [0.2, 0.25) is 6.82 Å². The molecule has 143 valence electrons. The smallest absolute Gasteiger partial charge is 0.137 e. The highest BCUT2D eigenvalue weighted by atomic mass is 14.9. The quantitative estimate of drug-likeness (QED) is 0.364. The lowest BCUT2D eigenvalue weighted by Crippen LogP contribution is -2.34. The molecule has 1 aromatic carbocycles. The molecule has 0 amide bonds. The molecule has 27 heavy (non-hydrogen) atoms. The van der Waals surface area contributed by atoms with Gasteiger partial charge in [-0.05, 0) is 73.7 Å². The molecule has 2 atom stereocenters. The third-order valence-electron chi connectivity index (χ3n) is 4.89. The van der Waals surface area contributed by atoms with Gasteiger partial charge in [0.25, 0.3) is 0 Å². The topological polar surface area (TPSA) is 35.8 Å². The van der Waals surface area contributed by atoms with E-state index in [1.807, 2.05) is 0 Å². The Morgan fingerprint density at radius 3 is 2.56 bits per heavy atom. The zero-order valence-electron chi connectivity index (χ0n) is 17.6. The van der Waals surface area contributed by atoms with E-state index in [0.717, 1.165) is 25.0 Å². The van der Waals surface area contributed by atoms with E-state index in [0.29, 0.717) is 18.8 Å². The minimum absolute atomic E-state index is 0.209. The predicted molar refractivity (Wildman–Crippen MR) is 120 cm³/mol. The van der Waals surface area contributed by atoms with Crippen LogP contribution in [0.15, 0.2) is 49.2 Å². The minimum Gasteiger partial charge on any atom is -0.394 e. The molecule has 0 saturated heterocycles. The summed E-state index contributed by atoms with van der Waals surface area (Å²) in [6.45, 7) is 21.0. The highest BCUT2D eigenvalue weighted by molar-refractivity contribution is 6.35. The molecule has 0 heterocycles. The van der Waals surface area contributed by atoms with Crippen molar-refractivity contribution in [3.8, 4) is 6.07 Å². The van der Waals surface area contributed by atoms with Crippen molar-refractivity contribution in [1.82, 2.24) is 5.32 Å². The molecule has 0 saturated carbocycles. The standard InChI is InChI=1S/C24H34BN2/c1-17(2)14-18(3)15-19(4)23-12-8-11-22(21(23)6)16-24(25-7)27-20(5)10-9-13-26/h8,11-12,18,24,27H,1,4-5,9-10,14-16H2,2-3,6-7H3. The summed E-state index contributed by atoms with van der Waals surface area (Å²) in [5.74, 6) is 0.764. The van der Waals surface area contributed by atoms with E-state index in [1.54, 1.807) is 0 Å². The van der Waals surface area contributed by atoms with Crippen molar-refractivity contribution in [3.63, 3.8) is 0 Å². The van der Waals surface area contributed by atoms with Gasteiger partial charge in [-0.3, -0.25) is 0 Å². The van der Waals surface area contributed by atoms with Gasteiger partial charge in [0.15, 0.2) is 0 Å². The van der Waals surface area contributed by atoms with E-state index in [2.05, 4.69) is 84.2 Å². The summed E-state index contributed by atoms with van der Waals surface area (Å²) in [6, 6.07) is 8.67. The number of allylic oxidation sites excluding steroid dienone is 3. The Labute approximate surface area is 167 Å². The van der Waals surface area contributed by atoms with Gasteiger partial charge in [-0.25, -0.2) is 0 Å². The summed E-state index contributed by atoms with van der Waals surface area (Å²) in [4.78, 5) is 0. The highest BCUT2D eigenvalue weighted by Crippen LogP contribution is 2.28. The molecule has 0 aliphatic rings. The summed E-state index contributed by atoms with van der Waals surface area (Å²) in [7, 11) is 2.16. The molecule has 1 N–H and O–H groups in total. The van der Waals surface area contributed by atoms with Crippen LogP contribution in [0, 0.1) is 24.2 Å². The van der Waals surface area contributed by atoms with Crippen LogP contribution in [0.4, 0.5) is 0 Å². The van der Waals surface area contributed by atoms with Gasteiger partial charge in [-0.15, -0.1) is 6.58 Å². The molecule has 1 rings (SSSR count). The van der Waals surface area contributed by atoms with E-state index in [9.17, 15) is 0 Å². The number of nitrogens with zero attached hydrogens (tertiary/aromatic N) is 1. The van der Waals surface area contributed by atoms with Gasteiger partial charge >= 0.3 is 0 Å². The van der Waals surface area contributed by atoms with Crippen LogP contribution in [-0.2, 0) is 6.42 Å². The third kappa shape index (κ3) is 7.91. The average molecular weight is 361 g/mol. The maximum atomic E-state index is 8.73. The molecule has 2 unspecified atom stereocenters. The molecule has 2 nitrogen and oxygen atoms in total. The first-order valence-electron chi connectivity index (χ1n) is 9.80. The number of hydrogen-bond acceptors (Lipinski definition) is 2. The van der Waals surface area contributed by atoms with E-state index in [4.69, 9.17) is 5.26 Å². The van der Waals surface area contributed by atoms with E-state index >= 15 is 0 Å². The number of rotatable bonds is 12. The molecule has 0 aliphatic heterocycles. The lowest BCUT2D eigenvalue weighted by molar-refractivity contribution is 0.595. The normalized spacial score (nSPS) is 12.6. The van der Waals surface area contributed by atoms with Crippen LogP contribution < -0.4 is 5.32 Å². The maximum absolute atomic E-state index is 8.73. The highest BCUT2D eigenvalue weighted by Gasteiger charge is 2.14. The zero-order valence-corrected chi connectivity index (χ0v) is 17.6. The molecule has 0 fully saturated rings. The van der Waals surface area contributed by atoms with Crippen LogP contribution in [0.5, 0.6) is 0 Å². The second kappa shape index (κ2) is 11.5. The van der Waals surface area contributed by atoms with E-state index in [-0.39, 0.29) is 5.94 Å². The first kappa shape index (κ1) is 22.8. The fraction of sp³-hybridized carbons (Fsp3) is 0.458. The van der Waals surface area contributed by atoms with E-state index in [1.165, 1.54) is 27.8 Å². The van der Waals surface area contributed by atoms with Crippen molar-refractivity contribution < 1.29 is 0 Å². The van der Waals surface area contributed by atoms with Crippen molar-refractivity contribution in [1.29, 1.82) is 5.26 Å². The van der Waals surface area contributed by atoms with Gasteiger partial charge < -0.3 is 5.32 Å². The summed E-state index contributed by atoms with van der Waals surface area (Å²) < 4.78 is 0. The number of hydrogen-bond donors (Lipinski definition) is 1. The first-order valence-corrected chi connectivity index (χ1v) is 9.80. The molecule has 0 aromatic heterocycles. The molecule has 0 bridgehead atoms. The summed E-state index contributed by atoms with van der Waals surface area (Å²) in [5, 5.41) is 12.2. The van der Waals surface area contributed by atoms with Crippen LogP contribution in [-0.4, -0.2) is 13.2 Å². The first-order chi connectivity index (χ1) is 12.8. The summed E-state index contributed by atoms with van der Waals surface area (Å²) in [5.41, 5.74) is 7.24. The van der Waals surface area contributed by atoms with Crippen molar-refractivity contribution >= 4 is 12.9 Å². The molecular formula is C24H34BN2. The van der Waals surface area contributed by atoms with Gasteiger partial charge in [-0.1, -0.05) is 50.7 Å². The van der Waals surface area contributed by atoms with Crippen LogP contribution >= 0.6 is 0 Å². The van der Waals surface area contributed by atoms with Crippen molar-refractivity contribution in [2.75, 3.05) is 0 Å². The Morgan fingerprint density at radius 1 is 1.26 bits per heavy atom. The van der Waals surface area contributed by atoms with Gasteiger partial charge in [-0.2, -0.15) is 5.26 Å². The molecule has 0 aliphatic carbocycles. The fourth-order valence-corrected chi connectivity index (χ4v) is 3.52. The van der Waals surface area contributed by atoms with Gasteiger partial charge in [0, 0.05) is 12.1 Å². The van der Waals surface area contributed by atoms with Crippen molar-refractivity contribution in [3.05, 3.63) is 65.9 Å². The Kier molecular flexibility index (Phi) is 9.72. The average Bonchev–Trinajstić information content (AvgIpc) is 2.59. The van der Waals surface area contributed by atoms with Crippen LogP contribution in [0.3, 0.4) is 0 Å². The Balaban J connectivity index is 2.84. The number of nitriles is 1. The minimum atomic E-state index is 0.209. The van der Waals surface area contributed by atoms with Crippen molar-refractivity contribution in [2.45, 2.75) is 65.6 Å². The summed E-state index contributed by atoms with van der Waals surface area (Å²) in [6.07, 6.45) is 4.12. The fourth-order valence-electron chi connectivity index (χ4n) is 3.52. The van der Waals surface area contributed by atoms with Gasteiger partial charge in [0.1, 0.15) is 7.28 Å². The Hall–Kier alpha value is -2.21. The molecule has 0 spiro atoms. The second-order valence-corrected chi connectivity index (χ2v) is 7.71. The monoisotopic (exact) mass is 361 g/mol. The lowest BCUT2D eigenvalue weighted by atomic mass is 9.69. The maximum Gasteiger partial charge on any atom is 0.137 e. The summed E-state index contributed by atoms with van der Waals surface area (Å²) >= 11 is 0. The predicted octanol–water partition coefficient (Wildman–Crippen LogP) is 6.03. The number of nitrogens with one attached hydrogen (secondary N) is 1. The Morgan fingerprint density at radius 2 is 1.96 bits per heavy atom. The van der Waals surface area contributed by atoms with Crippen LogP contribution in [0.25, 0.3) is 5.57 Å². The zero-order chi connectivity index (χ0) is 20.4. The molecule has 1 aromatic rings. The van der Waals surface area contributed by atoms with Gasteiger partial charge in [0.2, 0.25) is 0 Å². The molecule has 3 heteroatoms. The van der Waals surface area contributed by atoms with E-state index < -0.39 is 0 Å².